The van der Waals surface area contributed by atoms with Gasteiger partial charge in [0, 0.05) is 24.7 Å². The number of nitrogens with zero attached hydrogens (tertiary/aromatic N) is 1. The van der Waals surface area contributed by atoms with Crippen LogP contribution in [0.5, 0.6) is 23.0 Å². The summed E-state index contributed by atoms with van der Waals surface area (Å²) in [4.78, 5) is 26.4. The van der Waals surface area contributed by atoms with Gasteiger partial charge in [-0.3, -0.25) is 9.59 Å². The second kappa shape index (κ2) is 8.72. The van der Waals surface area contributed by atoms with Crippen molar-refractivity contribution in [3.8, 4) is 23.0 Å². The van der Waals surface area contributed by atoms with Crippen molar-refractivity contribution in [2.45, 2.75) is 25.3 Å². The Morgan fingerprint density at radius 1 is 1.07 bits per heavy atom. The van der Waals surface area contributed by atoms with Crippen molar-refractivity contribution in [1.82, 2.24) is 10.2 Å². The lowest BCUT2D eigenvalue weighted by molar-refractivity contribution is -0.121. The monoisotopic (exact) mass is 400 g/mol. The quantitative estimate of drug-likeness (QED) is 0.568. The Balaban J connectivity index is 1.50. The fourth-order valence-electron chi connectivity index (χ4n) is 3.34. The molecule has 2 aromatic rings. The standard InChI is InChI=1S/C21H24N2O6/c1-29-16-4-2-13(3-5-16)10-19(26)22-15-6-8-23(9-7-15)21(28)14-11-17(24)20(27)18(25)12-14/h2-5,11-12,15,24-25,27H,6-10H2,1H3,(H,22,26). The van der Waals surface area contributed by atoms with Gasteiger partial charge in [-0.25, -0.2) is 0 Å². The van der Waals surface area contributed by atoms with Gasteiger partial charge in [0.05, 0.1) is 13.5 Å². The molecule has 0 atom stereocenters. The number of rotatable bonds is 5. The van der Waals surface area contributed by atoms with E-state index < -0.39 is 17.2 Å². The minimum Gasteiger partial charge on any atom is -0.504 e. The summed E-state index contributed by atoms with van der Waals surface area (Å²) in [6.07, 6.45) is 1.49. The van der Waals surface area contributed by atoms with Gasteiger partial charge in [0.25, 0.3) is 5.91 Å². The fourth-order valence-corrected chi connectivity index (χ4v) is 3.34. The SMILES string of the molecule is COc1ccc(CC(=O)NC2CCN(C(=O)c3cc(O)c(O)c(O)c3)CC2)cc1. The first-order valence-electron chi connectivity index (χ1n) is 9.34. The number of aromatic hydroxyl groups is 3. The normalized spacial score (nSPS) is 14.4. The molecular formula is C21H24N2O6. The summed E-state index contributed by atoms with van der Waals surface area (Å²) < 4.78 is 5.10. The van der Waals surface area contributed by atoms with Crippen LogP contribution in [0.4, 0.5) is 0 Å². The molecule has 1 aliphatic rings. The molecule has 3 rings (SSSR count). The van der Waals surface area contributed by atoms with E-state index in [1.807, 2.05) is 24.3 Å². The Kier molecular flexibility index (Phi) is 6.11. The van der Waals surface area contributed by atoms with Gasteiger partial charge in [0.1, 0.15) is 5.75 Å². The van der Waals surface area contributed by atoms with Gasteiger partial charge in [-0.05, 0) is 42.7 Å². The Morgan fingerprint density at radius 2 is 1.66 bits per heavy atom. The van der Waals surface area contributed by atoms with Gasteiger partial charge >= 0.3 is 0 Å². The van der Waals surface area contributed by atoms with E-state index in [1.165, 1.54) is 0 Å². The lowest BCUT2D eigenvalue weighted by atomic mass is 10.0. The molecule has 0 unspecified atom stereocenters. The molecule has 0 saturated carbocycles. The molecule has 1 heterocycles. The molecule has 1 fully saturated rings. The summed E-state index contributed by atoms with van der Waals surface area (Å²) in [6, 6.07) is 9.55. The second-order valence-electron chi connectivity index (χ2n) is 7.02. The Bertz CT molecular complexity index is 866. The smallest absolute Gasteiger partial charge is 0.254 e. The van der Waals surface area contributed by atoms with Crippen LogP contribution in [-0.4, -0.2) is 58.3 Å². The molecule has 2 amide bonds. The lowest BCUT2D eigenvalue weighted by Crippen LogP contribution is -2.46. The number of phenols is 3. The van der Waals surface area contributed by atoms with Crippen LogP contribution in [0.1, 0.15) is 28.8 Å². The highest BCUT2D eigenvalue weighted by atomic mass is 16.5. The molecule has 0 bridgehead atoms. The molecule has 8 heteroatoms. The van der Waals surface area contributed by atoms with E-state index in [2.05, 4.69) is 5.32 Å². The summed E-state index contributed by atoms with van der Waals surface area (Å²) in [7, 11) is 1.59. The van der Waals surface area contributed by atoms with Crippen LogP contribution in [0, 0.1) is 0 Å². The number of ether oxygens (including phenoxy) is 1. The molecule has 1 saturated heterocycles. The minimum absolute atomic E-state index is 0.0218. The number of benzene rings is 2. The highest BCUT2D eigenvalue weighted by molar-refractivity contribution is 5.95. The first kappa shape index (κ1) is 20.3. The number of phenolic OH excluding ortho intramolecular Hbond substituents is 3. The number of likely N-dealkylation sites (tertiary alicyclic amines) is 1. The van der Waals surface area contributed by atoms with Crippen LogP contribution in [0.15, 0.2) is 36.4 Å². The fraction of sp³-hybridized carbons (Fsp3) is 0.333. The van der Waals surface area contributed by atoms with Crippen molar-refractivity contribution < 1.29 is 29.6 Å². The van der Waals surface area contributed by atoms with Crippen LogP contribution in [0.25, 0.3) is 0 Å². The first-order chi connectivity index (χ1) is 13.9. The van der Waals surface area contributed by atoms with E-state index in [1.54, 1.807) is 12.0 Å². The Hall–Kier alpha value is -3.42. The molecule has 0 aromatic heterocycles. The van der Waals surface area contributed by atoms with Gasteiger partial charge in [-0.1, -0.05) is 12.1 Å². The Morgan fingerprint density at radius 3 is 2.21 bits per heavy atom. The van der Waals surface area contributed by atoms with E-state index in [0.29, 0.717) is 25.9 Å². The molecule has 0 spiro atoms. The Labute approximate surface area is 168 Å². The van der Waals surface area contributed by atoms with Crippen LogP contribution in [-0.2, 0) is 11.2 Å². The molecule has 29 heavy (non-hydrogen) atoms. The summed E-state index contributed by atoms with van der Waals surface area (Å²) in [5, 5.41) is 31.6. The number of amides is 2. The second-order valence-corrected chi connectivity index (χ2v) is 7.02. The number of carbonyl (C=O) groups excluding carboxylic acids is 2. The van der Waals surface area contributed by atoms with E-state index in [9.17, 15) is 24.9 Å². The van der Waals surface area contributed by atoms with Crippen LogP contribution in [0.2, 0.25) is 0 Å². The van der Waals surface area contributed by atoms with Crippen molar-refractivity contribution in [2.75, 3.05) is 20.2 Å². The number of carbonyl (C=O) groups is 2. The highest BCUT2D eigenvalue weighted by Crippen LogP contribution is 2.35. The third-order valence-corrected chi connectivity index (χ3v) is 4.99. The van der Waals surface area contributed by atoms with Crippen LogP contribution >= 0.6 is 0 Å². The number of hydrogen-bond donors (Lipinski definition) is 4. The zero-order chi connectivity index (χ0) is 21.0. The van der Waals surface area contributed by atoms with Crippen LogP contribution < -0.4 is 10.1 Å². The number of piperidine rings is 1. The molecule has 1 aliphatic heterocycles. The topological polar surface area (TPSA) is 119 Å². The maximum atomic E-state index is 12.6. The van der Waals surface area contributed by atoms with Crippen molar-refractivity contribution in [3.05, 3.63) is 47.5 Å². The van der Waals surface area contributed by atoms with Crippen molar-refractivity contribution in [2.24, 2.45) is 0 Å². The predicted octanol–water partition coefficient (Wildman–Crippen LogP) is 1.78. The molecule has 4 N–H and O–H groups in total. The average Bonchev–Trinajstić information content (AvgIpc) is 2.72. The molecule has 0 radical (unpaired) electrons. The van der Waals surface area contributed by atoms with Gasteiger partial charge in [-0.15, -0.1) is 0 Å². The summed E-state index contributed by atoms with van der Waals surface area (Å²) in [5.74, 6) is -1.43. The molecule has 0 aliphatic carbocycles. The maximum Gasteiger partial charge on any atom is 0.254 e. The van der Waals surface area contributed by atoms with E-state index in [0.717, 1.165) is 23.4 Å². The van der Waals surface area contributed by atoms with Gasteiger partial charge < -0.3 is 30.3 Å². The van der Waals surface area contributed by atoms with Crippen molar-refractivity contribution >= 4 is 11.8 Å². The summed E-state index contributed by atoms with van der Waals surface area (Å²) >= 11 is 0. The van der Waals surface area contributed by atoms with Gasteiger partial charge in [0.15, 0.2) is 17.2 Å². The third-order valence-electron chi connectivity index (χ3n) is 4.99. The number of hydrogen-bond acceptors (Lipinski definition) is 6. The zero-order valence-corrected chi connectivity index (χ0v) is 16.1. The van der Waals surface area contributed by atoms with Gasteiger partial charge in [0.2, 0.25) is 5.91 Å². The van der Waals surface area contributed by atoms with Crippen molar-refractivity contribution in [3.63, 3.8) is 0 Å². The molecular weight excluding hydrogens is 376 g/mol. The van der Waals surface area contributed by atoms with Crippen LogP contribution in [0.3, 0.4) is 0 Å². The largest absolute Gasteiger partial charge is 0.504 e. The highest BCUT2D eigenvalue weighted by Gasteiger charge is 2.25. The summed E-state index contributed by atoms with van der Waals surface area (Å²) in [5.41, 5.74) is 0.989. The molecule has 2 aromatic carbocycles. The van der Waals surface area contributed by atoms with Gasteiger partial charge in [-0.2, -0.15) is 0 Å². The minimum atomic E-state index is -0.653. The number of nitrogens with one attached hydrogen (secondary N) is 1. The third kappa shape index (κ3) is 4.90. The van der Waals surface area contributed by atoms with E-state index >= 15 is 0 Å². The summed E-state index contributed by atoms with van der Waals surface area (Å²) in [6.45, 7) is 0.878. The average molecular weight is 400 g/mol. The molecule has 8 nitrogen and oxygen atoms in total. The lowest BCUT2D eigenvalue weighted by Gasteiger charge is -2.32. The van der Waals surface area contributed by atoms with E-state index in [-0.39, 0.29) is 29.8 Å². The predicted molar refractivity (Wildman–Crippen MR) is 105 cm³/mol. The maximum absolute atomic E-state index is 12.6. The van der Waals surface area contributed by atoms with E-state index in [4.69, 9.17) is 4.74 Å². The van der Waals surface area contributed by atoms with Crippen molar-refractivity contribution in [1.29, 1.82) is 0 Å². The molecule has 154 valence electrons. The zero-order valence-electron chi connectivity index (χ0n) is 16.1. The first-order valence-corrected chi connectivity index (χ1v) is 9.34. The number of methoxy groups -OCH3 is 1.